The minimum absolute atomic E-state index is 0.0247. The van der Waals surface area contributed by atoms with Crippen LogP contribution < -0.4 is 4.90 Å². The van der Waals surface area contributed by atoms with E-state index < -0.39 is 26.3 Å². The van der Waals surface area contributed by atoms with Crippen LogP contribution in [0.5, 0.6) is 0 Å². The summed E-state index contributed by atoms with van der Waals surface area (Å²) in [7, 11) is 0. The van der Waals surface area contributed by atoms with Crippen LogP contribution >= 0.6 is 11.8 Å². The minimum atomic E-state index is -2.99. The Morgan fingerprint density at radius 3 is 2.64 bits per heavy atom. The van der Waals surface area contributed by atoms with Gasteiger partial charge in [0.1, 0.15) is 0 Å². The molecule has 1 fully saturated rings. The topological polar surface area (TPSA) is 9.72 Å². The number of aryl methyl sites for hydroxylation is 1. The van der Waals surface area contributed by atoms with Gasteiger partial charge in [-0.3, -0.25) is 0 Å². The second-order valence-corrected chi connectivity index (χ2v) is 7.28. The summed E-state index contributed by atoms with van der Waals surface area (Å²) in [5, 5.41) is 0. The van der Waals surface area contributed by atoms with Crippen LogP contribution in [0.2, 0.25) is 0 Å². The highest BCUT2D eigenvalue weighted by Gasteiger charge is 2.23. The standard InChI is InChI=1S/C21H27N3S/c1-17-8-9-21-19(16-17)24(18-6-3-4-7-20(18)25-21)11-5-10-23-14-12-22(2)13-15-23/h3-4,6-9,16H,5,10-15H2,1-2H3/i2D3,5D2,10D2,11D2. The molecule has 1 saturated heterocycles. The highest BCUT2D eigenvalue weighted by Crippen LogP contribution is 2.48. The lowest BCUT2D eigenvalue weighted by atomic mass is 10.1. The predicted octanol–water partition coefficient (Wildman–Crippen LogP) is 4.24. The lowest BCUT2D eigenvalue weighted by Gasteiger charge is -2.35. The van der Waals surface area contributed by atoms with Crippen LogP contribution in [-0.4, -0.2) is 55.9 Å². The van der Waals surface area contributed by atoms with E-state index in [2.05, 4.69) is 0 Å². The van der Waals surface area contributed by atoms with E-state index in [1.165, 1.54) is 26.5 Å². The molecule has 0 bridgehead atoms. The molecule has 4 heteroatoms. The van der Waals surface area contributed by atoms with E-state index in [9.17, 15) is 0 Å². The Balaban J connectivity index is 1.73. The fraction of sp³-hybridized carbons (Fsp3) is 0.429. The van der Waals surface area contributed by atoms with Gasteiger partial charge in [0.25, 0.3) is 0 Å². The van der Waals surface area contributed by atoms with E-state index in [-0.39, 0.29) is 26.2 Å². The number of hydrogen-bond donors (Lipinski definition) is 0. The van der Waals surface area contributed by atoms with Crippen molar-refractivity contribution in [3.8, 4) is 0 Å². The van der Waals surface area contributed by atoms with Gasteiger partial charge in [-0.15, -0.1) is 0 Å². The molecule has 4 rings (SSSR count). The third kappa shape index (κ3) is 3.71. The molecule has 0 N–H and O–H groups in total. The molecule has 0 radical (unpaired) electrons. The summed E-state index contributed by atoms with van der Waals surface area (Å²) in [6, 6.07) is 12.7. The third-order valence-electron chi connectivity index (χ3n) is 4.34. The number of fused-ring (bicyclic) bond motifs is 2. The first-order chi connectivity index (χ1) is 15.7. The van der Waals surface area contributed by atoms with Gasteiger partial charge in [0.05, 0.1) is 11.4 Å². The monoisotopic (exact) mass is 362 g/mol. The normalized spacial score (nSPS) is 25.6. The summed E-state index contributed by atoms with van der Waals surface area (Å²) in [6.07, 6.45) is -2.99. The van der Waals surface area contributed by atoms with Crippen molar-refractivity contribution < 1.29 is 12.3 Å². The Bertz CT molecular complexity index is 1070. The Morgan fingerprint density at radius 1 is 1.00 bits per heavy atom. The molecule has 2 heterocycles. The molecular weight excluding hydrogens is 326 g/mol. The van der Waals surface area contributed by atoms with Gasteiger partial charge >= 0.3 is 0 Å². The molecule has 2 aromatic rings. The van der Waals surface area contributed by atoms with E-state index >= 15 is 0 Å². The van der Waals surface area contributed by atoms with Crippen LogP contribution in [0.1, 0.15) is 24.3 Å². The second kappa shape index (κ2) is 7.40. The smallest absolute Gasteiger partial charge is 0.0555 e. The number of para-hydroxylation sites is 1. The quantitative estimate of drug-likeness (QED) is 0.804. The largest absolute Gasteiger partial charge is 0.340 e. The molecule has 0 aliphatic carbocycles. The number of nitrogens with zero attached hydrogens (tertiary/aromatic N) is 3. The molecule has 2 aliphatic heterocycles. The van der Waals surface area contributed by atoms with Crippen molar-refractivity contribution in [2.45, 2.75) is 23.1 Å². The van der Waals surface area contributed by atoms with Crippen LogP contribution in [0, 0.1) is 6.92 Å². The van der Waals surface area contributed by atoms with Crippen LogP contribution in [0.4, 0.5) is 11.4 Å². The molecule has 2 aromatic carbocycles. The molecule has 0 spiro atoms. The van der Waals surface area contributed by atoms with E-state index in [0.29, 0.717) is 11.4 Å². The third-order valence-corrected chi connectivity index (χ3v) is 5.47. The van der Waals surface area contributed by atoms with Gasteiger partial charge in [-0.25, -0.2) is 0 Å². The first-order valence-electron chi connectivity index (χ1n) is 12.9. The molecule has 0 amide bonds. The number of likely N-dealkylation sites (N-methyl/N-ethyl adjacent to an activating group) is 1. The number of hydrogen-bond acceptors (Lipinski definition) is 4. The van der Waals surface area contributed by atoms with E-state index in [0.717, 1.165) is 15.4 Å². The van der Waals surface area contributed by atoms with Crippen molar-refractivity contribution in [3.63, 3.8) is 0 Å². The summed E-state index contributed by atoms with van der Waals surface area (Å²) in [4.78, 5) is 5.26. The average molecular weight is 363 g/mol. The maximum Gasteiger partial charge on any atom is 0.0555 e. The maximum atomic E-state index is 9.01. The number of benzene rings is 2. The molecule has 0 aromatic heterocycles. The zero-order valence-electron chi connectivity index (χ0n) is 23.1. The van der Waals surface area contributed by atoms with Gasteiger partial charge in [-0.1, -0.05) is 30.0 Å². The zero-order chi connectivity index (χ0) is 25.1. The van der Waals surface area contributed by atoms with Crippen molar-refractivity contribution >= 4 is 23.1 Å². The Kier molecular flexibility index (Phi) is 2.80. The summed E-state index contributed by atoms with van der Waals surface area (Å²) >= 11 is 1.47. The average Bonchev–Trinajstić information content (AvgIpc) is 2.76. The van der Waals surface area contributed by atoms with Crippen molar-refractivity contribution in [2.24, 2.45) is 0 Å². The molecule has 25 heavy (non-hydrogen) atoms. The predicted molar refractivity (Wildman–Crippen MR) is 107 cm³/mol. The first kappa shape index (κ1) is 9.45. The van der Waals surface area contributed by atoms with E-state index in [1.807, 2.05) is 31.2 Å². The van der Waals surface area contributed by atoms with Crippen LogP contribution in [-0.2, 0) is 0 Å². The Labute approximate surface area is 168 Å². The van der Waals surface area contributed by atoms with Crippen molar-refractivity contribution in [1.29, 1.82) is 0 Å². The van der Waals surface area contributed by atoms with E-state index in [4.69, 9.17) is 12.3 Å². The zero-order valence-corrected chi connectivity index (χ0v) is 14.9. The van der Waals surface area contributed by atoms with Gasteiger partial charge in [0.2, 0.25) is 0 Å². The molecule has 3 nitrogen and oxygen atoms in total. The first-order valence-corrected chi connectivity index (χ1v) is 9.17. The Hall–Kier alpha value is -1.49. The number of rotatable bonds is 4. The van der Waals surface area contributed by atoms with Gasteiger partial charge in [0.15, 0.2) is 0 Å². The molecule has 2 aliphatic rings. The molecule has 0 saturated carbocycles. The lowest BCUT2D eigenvalue weighted by Crippen LogP contribution is -2.45. The highest BCUT2D eigenvalue weighted by atomic mass is 32.2. The fourth-order valence-electron chi connectivity index (χ4n) is 2.96. The van der Waals surface area contributed by atoms with Gasteiger partial charge < -0.3 is 14.7 Å². The molecule has 132 valence electrons. The van der Waals surface area contributed by atoms with Gasteiger partial charge in [0, 0.05) is 54.8 Å². The van der Waals surface area contributed by atoms with Crippen LogP contribution in [0.3, 0.4) is 0 Å². The second-order valence-electron chi connectivity index (χ2n) is 6.20. The summed E-state index contributed by atoms with van der Waals surface area (Å²) < 4.78 is 75.8. The van der Waals surface area contributed by atoms with Crippen LogP contribution in [0.15, 0.2) is 52.3 Å². The summed E-state index contributed by atoms with van der Waals surface area (Å²) in [5.74, 6) is 0. The fourth-order valence-corrected chi connectivity index (χ4v) is 4.00. The van der Waals surface area contributed by atoms with Gasteiger partial charge in [-0.2, -0.15) is 0 Å². The lowest BCUT2D eigenvalue weighted by molar-refractivity contribution is 0.153. The van der Waals surface area contributed by atoms with Crippen molar-refractivity contribution in [1.82, 2.24) is 9.80 Å². The van der Waals surface area contributed by atoms with Gasteiger partial charge in [-0.05, 0) is 56.6 Å². The number of anilines is 2. The van der Waals surface area contributed by atoms with Crippen LogP contribution in [0.25, 0.3) is 0 Å². The highest BCUT2D eigenvalue weighted by molar-refractivity contribution is 7.99. The molecular formula is C21H27N3S. The SMILES string of the molecule is [2H]C([2H])([2H])N1CCN(C([2H])([2H])C([2H])([2H])C([2H])([2H])N2c3ccccc3Sc3ccc(C)cc32)CC1. The molecule has 0 atom stereocenters. The summed E-state index contributed by atoms with van der Waals surface area (Å²) in [5.41, 5.74) is 1.84. The van der Waals surface area contributed by atoms with E-state index in [1.54, 1.807) is 18.2 Å². The Morgan fingerprint density at radius 2 is 1.80 bits per heavy atom. The van der Waals surface area contributed by atoms with Crippen molar-refractivity contribution in [3.05, 3.63) is 48.0 Å². The van der Waals surface area contributed by atoms with Crippen molar-refractivity contribution in [2.75, 3.05) is 51.0 Å². The number of piperazine rings is 1. The molecule has 0 unspecified atom stereocenters. The maximum absolute atomic E-state index is 9.01. The minimum Gasteiger partial charge on any atom is -0.340 e. The summed E-state index contributed by atoms with van der Waals surface area (Å²) in [6.45, 7) is -5.88.